The minimum atomic E-state index is -4.40. The number of anilines is 1. The lowest BCUT2D eigenvalue weighted by atomic mass is 10.2. The van der Waals surface area contributed by atoms with E-state index in [1.807, 2.05) is 0 Å². The van der Waals surface area contributed by atoms with Crippen LogP contribution >= 0.6 is 12.4 Å². The van der Waals surface area contributed by atoms with E-state index in [-0.39, 0.29) is 31.3 Å². The second kappa shape index (κ2) is 7.40. The third-order valence-electron chi connectivity index (χ3n) is 3.70. The van der Waals surface area contributed by atoms with Crippen LogP contribution in [-0.2, 0) is 11.0 Å². The third kappa shape index (κ3) is 4.49. The van der Waals surface area contributed by atoms with Crippen molar-refractivity contribution in [3.05, 3.63) is 42.2 Å². The number of nitrogens with one attached hydrogen (secondary N) is 2. The molecule has 10 heteroatoms. The Morgan fingerprint density at radius 1 is 1.28 bits per heavy atom. The molecule has 1 aliphatic rings. The summed E-state index contributed by atoms with van der Waals surface area (Å²) in [5.41, 5.74) is 0.0512. The van der Waals surface area contributed by atoms with Crippen molar-refractivity contribution in [3.63, 3.8) is 0 Å². The van der Waals surface area contributed by atoms with Crippen molar-refractivity contribution in [2.45, 2.75) is 24.8 Å². The largest absolute Gasteiger partial charge is 0.416 e. The van der Waals surface area contributed by atoms with Crippen LogP contribution in [0.3, 0.4) is 0 Å². The molecule has 136 valence electrons. The molecule has 2 aromatic rings. The van der Waals surface area contributed by atoms with Crippen LogP contribution in [0.25, 0.3) is 5.69 Å². The van der Waals surface area contributed by atoms with E-state index >= 15 is 0 Å². The van der Waals surface area contributed by atoms with Crippen LogP contribution < -0.4 is 10.6 Å². The fraction of sp³-hybridized carbons (Fsp3) is 0.333. The molecular formula is C15H15ClF4N4O. The number of rotatable bonds is 3. The highest BCUT2D eigenvalue weighted by atomic mass is 35.5. The fourth-order valence-electron chi connectivity index (χ4n) is 2.45. The molecular weight excluding hydrogens is 364 g/mol. The number of nitrogens with zero attached hydrogens (tertiary/aromatic N) is 2. The van der Waals surface area contributed by atoms with Gasteiger partial charge in [0.05, 0.1) is 35.4 Å². The van der Waals surface area contributed by atoms with E-state index in [1.54, 1.807) is 0 Å². The first-order valence-corrected chi connectivity index (χ1v) is 7.23. The Hall–Kier alpha value is -2.13. The lowest BCUT2D eigenvalue weighted by Crippen LogP contribution is -2.35. The van der Waals surface area contributed by atoms with Crippen LogP contribution in [0, 0.1) is 0 Å². The van der Waals surface area contributed by atoms with Crippen molar-refractivity contribution in [1.29, 1.82) is 0 Å². The van der Waals surface area contributed by atoms with Gasteiger partial charge in [0.2, 0.25) is 5.91 Å². The summed E-state index contributed by atoms with van der Waals surface area (Å²) in [7, 11) is 0. The third-order valence-corrected chi connectivity index (χ3v) is 3.70. The zero-order valence-electron chi connectivity index (χ0n) is 12.8. The van der Waals surface area contributed by atoms with Crippen LogP contribution in [0.4, 0.5) is 23.2 Å². The highest BCUT2D eigenvalue weighted by Crippen LogP contribution is 2.29. The molecule has 1 aliphatic heterocycles. The number of aromatic nitrogens is 2. The minimum Gasteiger partial charge on any atom is -0.322 e. The number of carbonyl (C=O) groups excluding carboxylic acids is 1. The molecule has 0 radical (unpaired) electrons. The van der Waals surface area contributed by atoms with Gasteiger partial charge in [-0.2, -0.15) is 18.3 Å². The Morgan fingerprint density at radius 3 is 2.52 bits per heavy atom. The summed E-state index contributed by atoms with van der Waals surface area (Å²) >= 11 is 0. The van der Waals surface area contributed by atoms with E-state index in [0.29, 0.717) is 11.4 Å². The Morgan fingerprint density at radius 2 is 1.96 bits per heavy atom. The van der Waals surface area contributed by atoms with Gasteiger partial charge in [-0.05, 0) is 24.3 Å². The predicted molar refractivity (Wildman–Crippen MR) is 85.7 cm³/mol. The maximum Gasteiger partial charge on any atom is 0.416 e. The number of amides is 1. The Bertz CT molecular complexity index is 732. The number of benzene rings is 1. The standard InChI is InChI=1S/C15H14F4N4O.ClH/c16-10-5-13(20-6-10)14(24)22-11-7-21-23(8-11)12-3-1-9(2-4-12)15(17,18)19;/h1-4,7-8,10,13,20H,5-6H2,(H,22,24);1H/t10-,13+;/m0./s1. The summed E-state index contributed by atoms with van der Waals surface area (Å²) in [5.74, 6) is -0.373. The number of alkyl halides is 4. The van der Waals surface area contributed by atoms with Crippen molar-refractivity contribution in [2.75, 3.05) is 11.9 Å². The summed E-state index contributed by atoms with van der Waals surface area (Å²) < 4.78 is 52.0. The van der Waals surface area contributed by atoms with E-state index in [9.17, 15) is 22.4 Å². The molecule has 1 fully saturated rings. The minimum absolute atomic E-state index is 0. The molecule has 0 spiro atoms. The van der Waals surface area contributed by atoms with Crippen molar-refractivity contribution in [2.24, 2.45) is 0 Å². The van der Waals surface area contributed by atoms with Gasteiger partial charge < -0.3 is 10.6 Å². The zero-order chi connectivity index (χ0) is 17.3. The van der Waals surface area contributed by atoms with Crippen molar-refractivity contribution in [1.82, 2.24) is 15.1 Å². The zero-order valence-corrected chi connectivity index (χ0v) is 13.6. The van der Waals surface area contributed by atoms with E-state index in [4.69, 9.17) is 0 Å². The van der Waals surface area contributed by atoms with Crippen molar-refractivity contribution in [3.8, 4) is 5.69 Å². The molecule has 0 unspecified atom stereocenters. The van der Waals surface area contributed by atoms with E-state index < -0.39 is 24.0 Å². The van der Waals surface area contributed by atoms with E-state index in [1.165, 1.54) is 29.2 Å². The highest BCUT2D eigenvalue weighted by Gasteiger charge is 2.30. The van der Waals surface area contributed by atoms with Crippen LogP contribution in [0.15, 0.2) is 36.7 Å². The molecule has 0 saturated carbocycles. The van der Waals surface area contributed by atoms with Crippen LogP contribution in [0.2, 0.25) is 0 Å². The van der Waals surface area contributed by atoms with Gasteiger partial charge in [-0.1, -0.05) is 0 Å². The average Bonchev–Trinajstić information content (AvgIpc) is 3.16. The van der Waals surface area contributed by atoms with Gasteiger partial charge in [-0.3, -0.25) is 4.79 Å². The first kappa shape index (κ1) is 19.2. The first-order valence-electron chi connectivity index (χ1n) is 7.23. The molecule has 3 rings (SSSR count). The Kier molecular flexibility index (Phi) is 5.69. The maximum atomic E-state index is 13.1. The van der Waals surface area contributed by atoms with Gasteiger partial charge in [0.1, 0.15) is 6.17 Å². The SMILES string of the molecule is Cl.O=C(Nc1cnn(-c2ccc(C(F)(F)F)cc2)c1)[C@H]1C[C@H](F)CN1. The van der Waals surface area contributed by atoms with Gasteiger partial charge >= 0.3 is 6.18 Å². The second-order valence-corrected chi connectivity index (χ2v) is 5.50. The quantitative estimate of drug-likeness (QED) is 0.807. The predicted octanol–water partition coefficient (Wildman–Crippen LogP) is 2.95. The van der Waals surface area contributed by atoms with Gasteiger partial charge in [-0.25, -0.2) is 9.07 Å². The van der Waals surface area contributed by atoms with E-state index in [2.05, 4.69) is 15.7 Å². The summed E-state index contributed by atoms with van der Waals surface area (Å²) in [4.78, 5) is 12.0. The topological polar surface area (TPSA) is 59.0 Å². The van der Waals surface area contributed by atoms with Crippen LogP contribution in [0.1, 0.15) is 12.0 Å². The summed E-state index contributed by atoms with van der Waals surface area (Å²) in [6.45, 7) is 0.142. The highest BCUT2D eigenvalue weighted by molar-refractivity contribution is 5.94. The molecule has 0 bridgehead atoms. The van der Waals surface area contributed by atoms with Gasteiger partial charge in [0, 0.05) is 13.0 Å². The number of halogens is 5. The smallest absolute Gasteiger partial charge is 0.322 e. The second-order valence-electron chi connectivity index (χ2n) is 5.50. The molecule has 5 nitrogen and oxygen atoms in total. The molecule has 25 heavy (non-hydrogen) atoms. The number of hydrogen-bond donors (Lipinski definition) is 2. The Labute approximate surface area is 146 Å². The lowest BCUT2D eigenvalue weighted by Gasteiger charge is -2.09. The van der Waals surface area contributed by atoms with Gasteiger partial charge in [-0.15, -0.1) is 12.4 Å². The van der Waals surface area contributed by atoms with Crippen LogP contribution in [-0.4, -0.2) is 34.4 Å². The molecule has 1 aromatic carbocycles. The molecule has 2 N–H and O–H groups in total. The molecule has 1 saturated heterocycles. The molecule has 1 aromatic heterocycles. The summed E-state index contributed by atoms with van der Waals surface area (Å²) in [5, 5.41) is 9.36. The van der Waals surface area contributed by atoms with E-state index in [0.717, 1.165) is 12.1 Å². The van der Waals surface area contributed by atoms with Gasteiger partial charge in [0.15, 0.2) is 0 Å². The maximum absolute atomic E-state index is 13.1. The molecule has 2 heterocycles. The molecule has 1 amide bonds. The van der Waals surface area contributed by atoms with Gasteiger partial charge in [0.25, 0.3) is 0 Å². The average molecular weight is 379 g/mol. The summed E-state index contributed by atoms with van der Waals surface area (Å²) in [6, 6.07) is 3.88. The van der Waals surface area contributed by atoms with Crippen LogP contribution in [0.5, 0.6) is 0 Å². The molecule has 0 aliphatic carbocycles. The Balaban J connectivity index is 0.00000225. The normalized spacial score (nSPS) is 20.2. The number of carbonyl (C=O) groups is 1. The lowest BCUT2D eigenvalue weighted by molar-refractivity contribution is -0.137. The first-order chi connectivity index (χ1) is 11.3. The number of hydrogen-bond acceptors (Lipinski definition) is 3. The van der Waals surface area contributed by atoms with Crippen molar-refractivity contribution >= 4 is 24.0 Å². The fourth-order valence-corrected chi connectivity index (χ4v) is 2.45. The monoisotopic (exact) mass is 378 g/mol. The van der Waals surface area contributed by atoms with Crippen molar-refractivity contribution < 1.29 is 22.4 Å². The molecule has 2 atom stereocenters. The summed E-state index contributed by atoms with van der Waals surface area (Å²) in [6.07, 6.45) is -2.49.